The van der Waals surface area contributed by atoms with Crippen LogP contribution in [-0.4, -0.2) is 17.8 Å². The van der Waals surface area contributed by atoms with Crippen molar-refractivity contribution in [3.8, 4) is 10.4 Å². The van der Waals surface area contributed by atoms with Gasteiger partial charge in [0.05, 0.1) is 6.10 Å². The normalized spacial score (nSPS) is 12.8. The predicted octanol–water partition coefficient (Wildman–Crippen LogP) is 3.34. The lowest BCUT2D eigenvalue weighted by Crippen LogP contribution is -2.17. The van der Waals surface area contributed by atoms with Gasteiger partial charge in [0, 0.05) is 21.9 Å². The fourth-order valence-electron chi connectivity index (χ4n) is 1.57. The van der Waals surface area contributed by atoms with E-state index in [4.69, 9.17) is 5.11 Å². The largest absolute Gasteiger partial charge is 0.393 e. The monoisotopic (exact) mass is 267 g/mol. The lowest BCUT2D eigenvalue weighted by atomic mass is 10.2. The van der Waals surface area contributed by atoms with Crippen molar-refractivity contribution in [2.24, 2.45) is 0 Å². The van der Waals surface area contributed by atoms with E-state index in [0.717, 1.165) is 19.5 Å². The van der Waals surface area contributed by atoms with Crippen molar-refractivity contribution in [2.75, 3.05) is 6.54 Å². The van der Waals surface area contributed by atoms with Gasteiger partial charge in [0.25, 0.3) is 0 Å². The van der Waals surface area contributed by atoms with Crippen LogP contribution < -0.4 is 5.32 Å². The first-order valence-electron chi connectivity index (χ1n) is 5.76. The van der Waals surface area contributed by atoms with Gasteiger partial charge in [-0.25, -0.2) is 0 Å². The molecule has 0 amide bonds. The Morgan fingerprint density at radius 3 is 3.00 bits per heavy atom. The van der Waals surface area contributed by atoms with Crippen molar-refractivity contribution in [2.45, 2.75) is 26.0 Å². The lowest BCUT2D eigenvalue weighted by molar-refractivity contribution is 0.183. The van der Waals surface area contributed by atoms with Crippen LogP contribution >= 0.6 is 22.7 Å². The summed E-state index contributed by atoms with van der Waals surface area (Å²) in [5.41, 5.74) is 1.32. The Bertz CT molecular complexity index is 434. The molecule has 1 unspecified atom stereocenters. The number of thiophene rings is 2. The van der Waals surface area contributed by atoms with Gasteiger partial charge in [-0.05, 0) is 42.8 Å². The van der Waals surface area contributed by atoms with Crippen molar-refractivity contribution in [1.82, 2.24) is 5.32 Å². The third kappa shape index (κ3) is 3.92. The average Bonchev–Trinajstić information content (AvgIpc) is 2.94. The number of hydrogen-bond donors (Lipinski definition) is 2. The third-order valence-corrected chi connectivity index (χ3v) is 4.35. The van der Waals surface area contributed by atoms with Crippen LogP contribution in [0, 0.1) is 0 Å². The highest BCUT2D eigenvalue weighted by molar-refractivity contribution is 7.14. The fraction of sp³-hybridized carbons (Fsp3) is 0.385. The van der Waals surface area contributed by atoms with E-state index in [9.17, 15) is 0 Å². The minimum atomic E-state index is -0.215. The van der Waals surface area contributed by atoms with Crippen molar-refractivity contribution < 1.29 is 5.11 Å². The number of rotatable bonds is 6. The maximum Gasteiger partial charge on any atom is 0.0524 e. The first kappa shape index (κ1) is 12.8. The zero-order chi connectivity index (χ0) is 12.1. The molecule has 0 saturated heterocycles. The molecular weight excluding hydrogens is 250 g/mol. The SMILES string of the molecule is CC(O)CCNCc1cc(-c2cccs2)cs1. The van der Waals surface area contributed by atoms with Gasteiger partial charge >= 0.3 is 0 Å². The Kier molecular flexibility index (Phi) is 4.74. The highest BCUT2D eigenvalue weighted by Gasteiger charge is 2.03. The number of aliphatic hydroxyl groups is 1. The van der Waals surface area contributed by atoms with Crippen molar-refractivity contribution in [1.29, 1.82) is 0 Å². The molecule has 0 saturated carbocycles. The Morgan fingerprint density at radius 1 is 1.41 bits per heavy atom. The van der Waals surface area contributed by atoms with Crippen LogP contribution in [0.2, 0.25) is 0 Å². The van der Waals surface area contributed by atoms with E-state index in [-0.39, 0.29) is 6.10 Å². The second kappa shape index (κ2) is 6.31. The van der Waals surface area contributed by atoms with Crippen molar-refractivity contribution in [3.05, 3.63) is 33.8 Å². The molecule has 4 heteroatoms. The molecule has 2 N–H and O–H groups in total. The van der Waals surface area contributed by atoms with Crippen molar-refractivity contribution >= 4 is 22.7 Å². The number of aliphatic hydroxyl groups excluding tert-OH is 1. The molecule has 0 aliphatic heterocycles. The standard InChI is InChI=1S/C13H17NOS2/c1-10(15)4-5-14-8-12-7-11(9-17-12)13-3-2-6-16-13/h2-3,6-7,9-10,14-15H,4-5,8H2,1H3. The minimum Gasteiger partial charge on any atom is -0.393 e. The molecule has 0 spiro atoms. The van der Waals surface area contributed by atoms with Crippen LogP contribution in [0.4, 0.5) is 0 Å². The minimum absolute atomic E-state index is 0.215. The highest BCUT2D eigenvalue weighted by atomic mass is 32.1. The van der Waals surface area contributed by atoms with Gasteiger partial charge in [0.1, 0.15) is 0 Å². The van der Waals surface area contributed by atoms with Crippen LogP contribution in [0.1, 0.15) is 18.2 Å². The average molecular weight is 267 g/mol. The van der Waals surface area contributed by atoms with E-state index in [1.807, 2.05) is 6.92 Å². The van der Waals surface area contributed by atoms with E-state index < -0.39 is 0 Å². The molecule has 2 nitrogen and oxygen atoms in total. The third-order valence-electron chi connectivity index (χ3n) is 2.50. The number of hydrogen-bond acceptors (Lipinski definition) is 4. The molecule has 2 heterocycles. The van der Waals surface area contributed by atoms with E-state index >= 15 is 0 Å². The molecule has 0 aliphatic rings. The van der Waals surface area contributed by atoms with Gasteiger partial charge in [0.2, 0.25) is 0 Å². The van der Waals surface area contributed by atoms with Gasteiger partial charge in [-0.3, -0.25) is 0 Å². The van der Waals surface area contributed by atoms with Crippen LogP contribution in [0.5, 0.6) is 0 Å². The maximum atomic E-state index is 9.14. The Balaban J connectivity index is 1.83. The molecule has 92 valence electrons. The summed E-state index contributed by atoms with van der Waals surface area (Å²) in [7, 11) is 0. The fourth-order valence-corrected chi connectivity index (χ4v) is 3.21. The van der Waals surface area contributed by atoms with Gasteiger partial charge in [-0.1, -0.05) is 6.07 Å². The molecule has 2 aromatic rings. The topological polar surface area (TPSA) is 32.3 Å². The van der Waals surface area contributed by atoms with Crippen molar-refractivity contribution in [3.63, 3.8) is 0 Å². The van der Waals surface area contributed by atoms with Crippen LogP contribution in [0.25, 0.3) is 10.4 Å². The summed E-state index contributed by atoms with van der Waals surface area (Å²) < 4.78 is 0. The molecule has 0 bridgehead atoms. The predicted molar refractivity (Wildman–Crippen MR) is 75.6 cm³/mol. The molecule has 2 rings (SSSR count). The van der Waals surface area contributed by atoms with Crippen LogP contribution in [-0.2, 0) is 6.54 Å². The summed E-state index contributed by atoms with van der Waals surface area (Å²) in [4.78, 5) is 2.68. The van der Waals surface area contributed by atoms with Crippen LogP contribution in [0.15, 0.2) is 29.0 Å². The zero-order valence-corrected chi connectivity index (χ0v) is 11.5. The van der Waals surface area contributed by atoms with Gasteiger partial charge < -0.3 is 10.4 Å². The smallest absolute Gasteiger partial charge is 0.0524 e. The summed E-state index contributed by atoms with van der Waals surface area (Å²) in [6.07, 6.45) is 0.593. The number of nitrogens with one attached hydrogen (secondary N) is 1. The summed E-state index contributed by atoms with van der Waals surface area (Å²) in [6.45, 7) is 3.58. The van der Waals surface area contributed by atoms with E-state index in [1.54, 1.807) is 22.7 Å². The zero-order valence-electron chi connectivity index (χ0n) is 9.85. The molecule has 0 fully saturated rings. The second-order valence-corrected chi connectivity index (χ2v) is 6.04. The van der Waals surface area contributed by atoms with Gasteiger partial charge in [-0.15, -0.1) is 22.7 Å². The quantitative estimate of drug-likeness (QED) is 0.787. The first-order valence-corrected chi connectivity index (χ1v) is 7.51. The molecular formula is C13H17NOS2. The molecule has 2 aromatic heterocycles. The molecule has 0 aliphatic carbocycles. The Morgan fingerprint density at radius 2 is 2.29 bits per heavy atom. The first-order chi connectivity index (χ1) is 8.25. The molecule has 1 atom stereocenters. The molecule has 0 aromatic carbocycles. The molecule has 17 heavy (non-hydrogen) atoms. The highest BCUT2D eigenvalue weighted by Crippen LogP contribution is 2.29. The summed E-state index contributed by atoms with van der Waals surface area (Å²) in [5, 5.41) is 16.8. The Labute approximate surface area is 110 Å². The van der Waals surface area contributed by atoms with E-state index in [0.29, 0.717) is 0 Å². The van der Waals surface area contributed by atoms with Crippen LogP contribution in [0.3, 0.4) is 0 Å². The molecule has 0 radical (unpaired) electrons. The second-order valence-electron chi connectivity index (χ2n) is 4.09. The van der Waals surface area contributed by atoms with Gasteiger partial charge in [-0.2, -0.15) is 0 Å². The van der Waals surface area contributed by atoms with E-state index in [1.165, 1.54) is 15.3 Å². The lowest BCUT2D eigenvalue weighted by Gasteiger charge is -2.04. The van der Waals surface area contributed by atoms with E-state index in [2.05, 4.69) is 34.3 Å². The maximum absolute atomic E-state index is 9.14. The Hall–Kier alpha value is -0.680. The summed E-state index contributed by atoms with van der Waals surface area (Å²) in [6, 6.07) is 6.47. The summed E-state index contributed by atoms with van der Waals surface area (Å²) >= 11 is 3.56. The summed E-state index contributed by atoms with van der Waals surface area (Å²) in [5.74, 6) is 0. The van der Waals surface area contributed by atoms with Gasteiger partial charge in [0.15, 0.2) is 0 Å².